The summed E-state index contributed by atoms with van der Waals surface area (Å²) in [6, 6.07) is 23.9. The SMILES string of the molecule is CCC(C(=O)O)n1/c(=N\C(=O)c2cccc(-c3ccccc3)c2)sc2ccccc21. The molecule has 1 heterocycles. The average Bonchev–Trinajstić information content (AvgIpc) is 3.12. The summed E-state index contributed by atoms with van der Waals surface area (Å²) in [5.41, 5.74) is 3.17. The summed E-state index contributed by atoms with van der Waals surface area (Å²) >= 11 is 1.32. The van der Waals surface area contributed by atoms with Gasteiger partial charge in [-0.2, -0.15) is 4.99 Å². The summed E-state index contributed by atoms with van der Waals surface area (Å²) in [4.78, 5) is 29.5. The van der Waals surface area contributed by atoms with Gasteiger partial charge in [-0.1, -0.05) is 72.9 Å². The first-order chi connectivity index (χ1) is 14.6. The number of amides is 1. The molecule has 1 N–H and O–H groups in total. The van der Waals surface area contributed by atoms with Crippen LogP contribution in [0.25, 0.3) is 21.3 Å². The topological polar surface area (TPSA) is 71.7 Å². The van der Waals surface area contributed by atoms with Gasteiger partial charge in [0.05, 0.1) is 10.2 Å². The summed E-state index contributed by atoms with van der Waals surface area (Å²) in [5, 5.41) is 9.70. The van der Waals surface area contributed by atoms with E-state index in [2.05, 4.69) is 4.99 Å². The molecule has 0 saturated heterocycles. The van der Waals surface area contributed by atoms with Gasteiger partial charge in [-0.25, -0.2) is 4.79 Å². The van der Waals surface area contributed by atoms with Crippen LogP contribution in [0.3, 0.4) is 0 Å². The van der Waals surface area contributed by atoms with E-state index in [-0.39, 0.29) is 0 Å². The number of carbonyl (C=O) groups is 2. The molecule has 1 amide bonds. The highest BCUT2D eigenvalue weighted by atomic mass is 32.1. The number of carboxylic acid groups (broad SMARTS) is 1. The lowest BCUT2D eigenvalue weighted by Gasteiger charge is -2.13. The number of hydrogen-bond acceptors (Lipinski definition) is 3. The fraction of sp³-hybridized carbons (Fsp3) is 0.125. The molecule has 1 unspecified atom stereocenters. The maximum atomic E-state index is 13.0. The van der Waals surface area contributed by atoms with Crippen LogP contribution in [-0.2, 0) is 4.79 Å². The highest BCUT2D eigenvalue weighted by molar-refractivity contribution is 7.16. The predicted molar refractivity (Wildman–Crippen MR) is 119 cm³/mol. The quantitative estimate of drug-likeness (QED) is 0.489. The molecule has 1 aromatic heterocycles. The van der Waals surface area contributed by atoms with E-state index in [9.17, 15) is 14.7 Å². The summed E-state index contributed by atoms with van der Waals surface area (Å²) in [7, 11) is 0. The van der Waals surface area contributed by atoms with E-state index in [0.717, 1.165) is 21.3 Å². The van der Waals surface area contributed by atoms with E-state index in [1.54, 1.807) is 10.6 Å². The van der Waals surface area contributed by atoms with Crippen molar-refractivity contribution in [1.82, 2.24) is 4.57 Å². The lowest BCUT2D eigenvalue weighted by Crippen LogP contribution is -2.27. The first kappa shape index (κ1) is 19.8. The molecule has 0 radical (unpaired) electrons. The molecule has 0 aliphatic heterocycles. The second-order valence-corrected chi connectivity index (χ2v) is 7.86. The van der Waals surface area contributed by atoms with Gasteiger partial charge in [-0.3, -0.25) is 4.79 Å². The Kier molecular flexibility index (Phi) is 5.59. The van der Waals surface area contributed by atoms with E-state index >= 15 is 0 Å². The van der Waals surface area contributed by atoms with Crippen molar-refractivity contribution in [3.05, 3.63) is 89.2 Å². The lowest BCUT2D eigenvalue weighted by atomic mass is 10.0. The number of fused-ring (bicyclic) bond motifs is 1. The van der Waals surface area contributed by atoms with Crippen molar-refractivity contribution < 1.29 is 14.7 Å². The van der Waals surface area contributed by atoms with Crippen LogP contribution in [0.5, 0.6) is 0 Å². The van der Waals surface area contributed by atoms with Crippen molar-refractivity contribution in [3.63, 3.8) is 0 Å². The van der Waals surface area contributed by atoms with Crippen LogP contribution < -0.4 is 4.80 Å². The Hall–Kier alpha value is -3.51. The Labute approximate surface area is 177 Å². The van der Waals surface area contributed by atoms with Gasteiger partial charge in [0, 0.05) is 5.56 Å². The van der Waals surface area contributed by atoms with Gasteiger partial charge < -0.3 is 9.67 Å². The van der Waals surface area contributed by atoms with Crippen molar-refractivity contribution in [2.45, 2.75) is 19.4 Å². The van der Waals surface area contributed by atoms with Crippen LogP contribution in [-0.4, -0.2) is 21.6 Å². The van der Waals surface area contributed by atoms with Crippen molar-refractivity contribution in [1.29, 1.82) is 0 Å². The number of aliphatic carboxylic acids is 1. The molecule has 0 aliphatic carbocycles. The number of carboxylic acids is 1. The van der Waals surface area contributed by atoms with Gasteiger partial charge in [0.2, 0.25) is 0 Å². The zero-order chi connectivity index (χ0) is 21.1. The zero-order valence-corrected chi connectivity index (χ0v) is 17.2. The molecule has 6 heteroatoms. The van der Waals surface area contributed by atoms with Crippen LogP contribution in [0.4, 0.5) is 0 Å². The number of rotatable bonds is 5. The van der Waals surface area contributed by atoms with Crippen LogP contribution >= 0.6 is 11.3 Å². The Balaban J connectivity index is 1.82. The Morgan fingerprint density at radius 3 is 2.40 bits per heavy atom. The molecular formula is C24H20N2O3S. The molecule has 3 aromatic carbocycles. The number of hydrogen-bond donors (Lipinski definition) is 1. The van der Waals surface area contributed by atoms with Gasteiger partial charge >= 0.3 is 5.97 Å². The van der Waals surface area contributed by atoms with E-state index in [0.29, 0.717) is 16.8 Å². The summed E-state index contributed by atoms with van der Waals surface area (Å²) in [6.07, 6.45) is 0.390. The number of carbonyl (C=O) groups excluding carboxylic acids is 1. The van der Waals surface area contributed by atoms with Crippen molar-refractivity contribution in [2.75, 3.05) is 0 Å². The number of aromatic nitrogens is 1. The van der Waals surface area contributed by atoms with Gasteiger partial charge in [-0.15, -0.1) is 0 Å². The highest BCUT2D eigenvalue weighted by Gasteiger charge is 2.22. The first-order valence-electron chi connectivity index (χ1n) is 9.66. The predicted octanol–water partition coefficient (Wildman–Crippen LogP) is 5.15. The Bertz CT molecular complexity index is 1290. The number of thiazole rings is 1. The third-order valence-electron chi connectivity index (χ3n) is 4.93. The third-order valence-corrected chi connectivity index (χ3v) is 5.97. The zero-order valence-electron chi connectivity index (χ0n) is 16.4. The minimum Gasteiger partial charge on any atom is -0.480 e. The molecule has 0 aliphatic rings. The summed E-state index contributed by atoms with van der Waals surface area (Å²) in [6.45, 7) is 1.81. The molecule has 150 valence electrons. The monoisotopic (exact) mass is 416 g/mol. The minimum atomic E-state index is -0.943. The summed E-state index contributed by atoms with van der Waals surface area (Å²) in [5.74, 6) is -1.34. The number of benzene rings is 3. The number of para-hydroxylation sites is 1. The van der Waals surface area contributed by atoms with Crippen molar-refractivity contribution in [3.8, 4) is 11.1 Å². The number of nitrogens with zero attached hydrogens (tertiary/aromatic N) is 2. The molecule has 0 spiro atoms. The van der Waals surface area contributed by atoms with E-state index in [1.165, 1.54) is 11.3 Å². The summed E-state index contributed by atoms with van der Waals surface area (Å²) < 4.78 is 2.54. The fourth-order valence-corrected chi connectivity index (χ4v) is 4.52. The van der Waals surface area contributed by atoms with Crippen LogP contribution in [0.2, 0.25) is 0 Å². The van der Waals surface area contributed by atoms with Crippen LogP contribution in [0.15, 0.2) is 83.9 Å². The van der Waals surface area contributed by atoms with Gasteiger partial charge in [0.15, 0.2) is 4.80 Å². The molecule has 1 atom stereocenters. The van der Waals surface area contributed by atoms with Crippen molar-refractivity contribution >= 4 is 33.4 Å². The molecule has 0 bridgehead atoms. The minimum absolute atomic E-state index is 0.389. The van der Waals surface area contributed by atoms with E-state index in [4.69, 9.17) is 0 Å². The van der Waals surface area contributed by atoms with Crippen molar-refractivity contribution in [2.24, 2.45) is 4.99 Å². The molecule has 5 nitrogen and oxygen atoms in total. The Morgan fingerprint density at radius 2 is 1.67 bits per heavy atom. The molecular weight excluding hydrogens is 396 g/mol. The molecule has 30 heavy (non-hydrogen) atoms. The standard InChI is InChI=1S/C24H20N2O3S/c1-2-19(23(28)29)26-20-13-6-7-14-21(20)30-24(26)25-22(27)18-12-8-11-17(15-18)16-9-4-3-5-10-16/h3-15,19H,2H2,1H3,(H,28,29)/b25-24+. The van der Waals surface area contributed by atoms with Gasteiger partial charge in [0.25, 0.3) is 5.91 Å². The molecule has 0 saturated carbocycles. The average molecular weight is 417 g/mol. The fourth-order valence-electron chi connectivity index (χ4n) is 3.45. The smallest absolute Gasteiger partial charge is 0.326 e. The van der Waals surface area contributed by atoms with Crippen LogP contribution in [0.1, 0.15) is 29.7 Å². The molecule has 4 rings (SSSR count). The van der Waals surface area contributed by atoms with Gasteiger partial charge in [0.1, 0.15) is 6.04 Å². The van der Waals surface area contributed by atoms with Gasteiger partial charge in [-0.05, 0) is 41.8 Å². The maximum Gasteiger partial charge on any atom is 0.326 e. The van der Waals surface area contributed by atoms with E-state index < -0.39 is 17.9 Å². The highest BCUT2D eigenvalue weighted by Crippen LogP contribution is 2.23. The normalized spacial score (nSPS) is 12.8. The second kappa shape index (κ2) is 8.47. The second-order valence-electron chi connectivity index (χ2n) is 6.85. The maximum absolute atomic E-state index is 13.0. The first-order valence-corrected chi connectivity index (χ1v) is 10.5. The Morgan fingerprint density at radius 1 is 0.967 bits per heavy atom. The molecule has 4 aromatic rings. The third kappa shape index (κ3) is 3.82. The van der Waals surface area contributed by atoms with E-state index in [1.807, 2.05) is 79.7 Å². The largest absolute Gasteiger partial charge is 0.480 e. The molecule has 0 fully saturated rings. The lowest BCUT2D eigenvalue weighted by molar-refractivity contribution is -0.140. The van der Waals surface area contributed by atoms with Crippen LogP contribution in [0, 0.1) is 0 Å².